The van der Waals surface area contributed by atoms with E-state index in [-0.39, 0.29) is 5.91 Å². The number of amides is 1. The average Bonchev–Trinajstić information content (AvgIpc) is 2.56. The number of aromatic nitrogens is 2. The van der Waals surface area contributed by atoms with Gasteiger partial charge in [-0.2, -0.15) is 0 Å². The van der Waals surface area contributed by atoms with Crippen molar-refractivity contribution in [3.05, 3.63) is 47.4 Å². The predicted octanol–water partition coefficient (Wildman–Crippen LogP) is 3.60. The van der Waals surface area contributed by atoms with Crippen LogP contribution in [-0.2, 0) is 11.2 Å². The summed E-state index contributed by atoms with van der Waals surface area (Å²) >= 11 is 6.32. The van der Waals surface area contributed by atoms with E-state index < -0.39 is 0 Å². The normalized spacial score (nSPS) is 18.0. The molecule has 1 amide bonds. The third kappa shape index (κ3) is 3.70. The molecular formula is C18H20ClN3O. The molecule has 0 saturated carbocycles. The number of hydrogen-bond acceptors (Lipinski definition) is 3. The quantitative estimate of drug-likeness (QED) is 0.864. The molecule has 0 aliphatic carbocycles. The summed E-state index contributed by atoms with van der Waals surface area (Å²) in [6.07, 6.45) is 6.40. The Hall–Kier alpha value is -1.94. The highest BCUT2D eigenvalue weighted by atomic mass is 35.5. The molecule has 1 aromatic heterocycles. The minimum absolute atomic E-state index is 0.153. The van der Waals surface area contributed by atoms with Crippen LogP contribution in [0, 0.1) is 5.92 Å². The van der Waals surface area contributed by atoms with E-state index in [9.17, 15) is 4.79 Å². The Kier molecular flexibility index (Phi) is 4.91. The van der Waals surface area contributed by atoms with Gasteiger partial charge in [-0.05, 0) is 31.2 Å². The van der Waals surface area contributed by atoms with Crippen LogP contribution in [0.4, 0.5) is 0 Å². The van der Waals surface area contributed by atoms with Crippen LogP contribution in [0.3, 0.4) is 0 Å². The number of rotatable bonds is 3. The summed E-state index contributed by atoms with van der Waals surface area (Å²) in [4.78, 5) is 22.6. The molecule has 1 fully saturated rings. The molecule has 1 atom stereocenters. The zero-order valence-corrected chi connectivity index (χ0v) is 14.0. The standard InChI is InChI=1S/C18H20ClN3O/c1-13(23)22-10-4-5-14(12-22)11-17-18(21-9-8-20-17)15-6-2-3-7-16(15)19/h2-3,6-9,14H,4-5,10-12H2,1H3/t14-/m0/s1. The van der Waals surface area contributed by atoms with Gasteiger partial charge >= 0.3 is 0 Å². The molecule has 1 aliphatic heterocycles. The summed E-state index contributed by atoms with van der Waals surface area (Å²) in [5.41, 5.74) is 2.71. The number of hydrogen-bond donors (Lipinski definition) is 0. The first-order chi connectivity index (χ1) is 11.1. The molecule has 1 aliphatic rings. The summed E-state index contributed by atoms with van der Waals surface area (Å²) in [5, 5.41) is 0.684. The highest BCUT2D eigenvalue weighted by Gasteiger charge is 2.23. The maximum Gasteiger partial charge on any atom is 0.219 e. The van der Waals surface area contributed by atoms with Gasteiger partial charge in [-0.3, -0.25) is 14.8 Å². The molecule has 0 radical (unpaired) electrons. The lowest BCUT2D eigenvalue weighted by atomic mass is 9.91. The largest absolute Gasteiger partial charge is 0.343 e. The molecule has 2 heterocycles. The predicted molar refractivity (Wildman–Crippen MR) is 91.2 cm³/mol. The fourth-order valence-corrected chi connectivity index (χ4v) is 3.41. The first kappa shape index (κ1) is 15.9. The Morgan fingerprint density at radius 3 is 2.87 bits per heavy atom. The number of carbonyl (C=O) groups excluding carboxylic acids is 1. The SMILES string of the molecule is CC(=O)N1CCC[C@@H](Cc2nccnc2-c2ccccc2Cl)C1. The number of benzene rings is 1. The topological polar surface area (TPSA) is 46.1 Å². The second kappa shape index (κ2) is 7.09. The minimum atomic E-state index is 0.153. The molecule has 3 rings (SSSR count). The van der Waals surface area contributed by atoms with Crippen molar-refractivity contribution in [3.8, 4) is 11.3 Å². The molecule has 0 spiro atoms. The fraction of sp³-hybridized carbons (Fsp3) is 0.389. The van der Waals surface area contributed by atoms with Crippen molar-refractivity contribution in [2.75, 3.05) is 13.1 Å². The second-order valence-electron chi connectivity index (χ2n) is 6.01. The van der Waals surface area contributed by atoms with Gasteiger partial charge in [-0.1, -0.05) is 29.8 Å². The third-order valence-electron chi connectivity index (χ3n) is 4.35. The van der Waals surface area contributed by atoms with E-state index in [4.69, 9.17) is 11.6 Å². The summed E-state index contributed by atoms with van der Waals surface area (Å²) in [6.45, 7) is 3.30. The monoisotopic (exact) mass is 329 g/mol. The van der Waals surface area contributed by atoms with Crippen molar-refractivity contribution >= 4 is 17.5 Å². The van der Waals surface area contributed by atoms with Gasteiger partial charge in [0.15, 0.2) is 0 Å². The van der Waals surface area contributed by atoms with E-state index >= 15 is 0 Å². The van der Waals surface area contributed by atoms with Crippen LogP contribution in [-0.4, -0.2) is 33.9 Å². The van der Waals surface area contributed by atoms with Gasteiger partial charge in [0.2, 0.25) is 5.91 Å². The molecule has 1 saturated heterocycles. The van der Waals surface area contributed by atoms with Gasteiger partial charge < -0.3 is 4.90 Å². The molecule has 5 heteroatoms. The Labute approximate surface area is 141 Å². The first-order valence-electron chi connectivity index (χ1n) is 7.95. The maximum absolute atomic E-state index is 11.6. The lowest BCUT2D eigenvalue weighted by molar-refractivity contribution is -0.130. The van der Waals surface area contributed by atoms with Crippen LogP contribution in [0.25, 0.3) is 11.3 Å². The summed E-state index contributed by atoms with van der Waals surface area (Å²) < 4.78 is 0. The van der Waals surface area contributed by atoms with Crippen LogP contribution in [0.1, 0.15) is 25.5 Å². The van der Waals surface area contributed by atoms with E-state index in [0.717, 1.165) is 49.3 Å². The molecular weight excluding hydrogens is 310 g/mol. The van der Waals surface area contributed by atoms with Crippen molar-refractivity contribution in [2.45, 2.75) is 26.2 Å². The smallest absolute Gasteiger partial charge is 0.219 e. The lowest BCUT2D eigenvalue weighted by Gasteiger charge is -2.32. The minimum Gasteiger partial charge on any atom is -0.343 e. The van der Waals surface area contributed by atoms with Gasteiger partial charge in [-0.25, -0.2) is 0 Å². The fourth-order valence-electron chi connectivity index (χ4n) is 3.19. The van der Waals surface area contributed by atoms with Crippen LogP contribution in [0.2, 0.25) is 5.02 Å². The van der Waals surface area contributed by atoms with E-state index in [1.807, 2.05) is 29.2 Å². The Balaban J connectivity index is 1.84. The van der Waals surface area contributed by atoms with Crippen molar-refractivity contribution in [3.63, 3.8) is 0 Å². The Morgan fingerprint density at radius 1 is 1.30 bits per heavy atom. The zero-order chi connectivity index (χ0) is 16.2. The Bertz CT molecular complexity index is 704. The van der Waals surface area contributed by atoms with E-state index in [2.05, 4.69) is 9.97 Å². The van der Waals surface area contributed by atoms with Crippen molar-refractivity contribution in [1.29, 1.82) is 0 Å². The lowest BCUT2D eigenvalue weighted by Crippen LogP contribution is -2.39. The molecule has 0 N–H and O–H groups in total. The highest BCUT2D eigenvalue weighted by molar-refractivity contribution is 6.33. The second-order valence-corrected chi connectivity index (χ2v) is 6.42. The maximum atomic E-state index is 11.6. The number of piperidine rings is 1. The van der Waals surface area contributed by atoms with Gasteiger partial charge in [-0.15, -0.1) is 0 Å². The molecule has 120 valence electrons. The van der Waals surface area contributed by atoms with Crippen LogP contribution >= 0.6 is 11.6 Å². The molecule has 0 bridgehead atoms. The average molecular weight is 330 g/mol. The van der Waals surface area contributed by atoms with Crippen molar-refractivity contribution < 1.29 is 4.79 Å². The molecule has 0 unspecified atom stereocenters. The third-order valence-corrected chi connectivity index (χ3v) is 4.68. The van der Waals surface area contributed by atoms with E-state index in [1.54, 1.807) is 19.3 Å². The van der Waals surface area contributed by atoms with Crippen LogP contribution in [0.15, 0.2) is 36.7 Å². The van der Waals surface area contributed by atoms with Gasteiger partial charge in [0.05, 0.1) is 16.4 Å². The number of likely N-dealkylation sites (tertiary alicyclic amines) is 1. The van der Waals surface area contributed by atoms with E-state index in [0.29, 0.717) is 10.9 Å². The van der Waals surface area contributed by atoms with Gasteiger partial charge in [0.25, 0.3) is 0 Å². The van der Waals surface area contributed by atoms with Crippen LogP contribution in [0.5, 0.6) is 0 Å². The Morgan fingerprint density at radius 2 is 2.09 bits per heavy atom. The van der Waals surface area contributed by atoms with Crippen LogP contribution < -0.4 is 0 Å². The van der Waals surface area contributed by atoms with E-state index in [1.165, 1.54) is 0 Å². The number of carbonyl (C=O) groups is 1. The number of halogens is 1. The first-order valence-corrected chi connectivity index (χ1v) is 8.33. The van der Waals surface area contributed by atoms with Crippen molar-refractivity contribution in [2.24, 2.45) is 5.92 Å². The number of nitrogens with zero attached hydrogens (tertiary/aromatic N) is 3. The summed E-state index contributed by atoms with van der Waals surface area (Å²) in [7, 11) is 0. The van der Waals surface area contributed by atoms with Crippen molar-refractivity contribution in [1.82, 2.24) is 14.9 Å². The highest BCUT2D eigenvalue weighted by Crippen LogP contribution is 2.30. The molecule has 23 heavy (non-hydrogen) atoms. The molecule has 2 aromatic rings. The summed E-state index contributed by atoms with van der Waals surface area (Å²) in [6, 6.07) is 7.71. The summed E-state index contributed by atoms with van der Waals surface area (Å²) in [5.74, 6) is 0.575. The molecule has 1 aromatic carbocycles. The van der Waals surface area contributed by atoms with Gasteiger partial charge in [0.1, 0.15) is 0 Å². The zero-order valence-electron chi connectivity index (χ0n) is 13.2. The molecule has 4 nitrogen and oxygen atoms in total. The van der Waals surface area contributed by atoms with Gasteiger partial charge in [0, 0.05) is 38.0 Å².